The summed E-state index contributed by atoms with van der Waals surface area (Å²) in [5.41, 5.74) is 2.82. The van der Waals surface area contributed by atoms with E-state index in [2.05, 4.69) is 17.1 Å². The Bertz CT molecular complexity index is 960. The fourth-order valence-electron chi connectivity index (χ4n) is 4.14. The molecule has 0 fully saturated rings. The number of fused-ring (bicyclic) bond motifs is 3. The highest BCUT2D eigenvalue weighted by Crippen LogP contribution is 2.51. The van der Waals surface area contributed by atoms with Crippen molar-refractivity contribution in [2.24, 2.45) is 0 Å². The van der Waals surface area contributed by atoms with Gasteiger partial charge in [-0.1, -0.05) is 54.8 Å². The zero-order chi connectivity index (χ0) is 18.5. The minimum Gasteiger partial charge on any atom is -0.481 e. The fraction of sp³-hybridized carbons (Fsp3) is 0.350. The first-order valence-corrected chi connectivity index (χ1v) is 9.46. The lowest BCUT2D eigenvalue weighted by Gasteiger charge is -2.40. The van der Waals surface area contributed by atoms with Gasteiger partial charge in [-0.3, -0.25) is 4.79 Å². The minimum atomic E-state index is -0.897. The van der Waals surface area contributed by atoms with Gasteiger partial charge in [0, 0.05) is 11.3 Å². The molecule has 2 N–H and O–H groups in total. The number of nitrogens with one attached hydrogen (secondary N) is 1. The summed E-state index contributed by atoms with van der Waals surface area (Å²) in [5.74, 6) is -0.875. The predicted molar refractivity (Wildman–Crippen MR) is 103 cm³/mol. The van der Waals surface area contributed by atoms with Gasteiger partial charge in [0.25, 0.3) is 0 Å². The van der Waals surface area contributed by atoms with Gasteiger partial charge in [-0.2, -0.15) is 0 Å². The van der Waals surface area contributed by atoms with E-state index in [0.717, 1.165) is 34.2 Å². The van der Waals surface area contributed by atoms with Crippen molar-refractivity contribution in [2.75, 3.05) is 6.61 Å². The Hall–Kier alpha value is -1.75. The number of rotatable bonds is 5. The second kappa shape index (κ2) is 6.45. The highest BCUT2D eigenvalue weighted by atomic mass is 35.5. The van der Waals surface area contributed by atoms with Crippen LogP contribution in [0.25, 0.3) is 10.9 Å². The third-order valence-electron chi connectivity index (χ3n) is 5.29. The number of carboxylic acids is 1. The Morgan fingerprint density at radius 2 is 2.12 bits per heavy atom. The number of ether oxygens (including phenoxy) is 1. The molecule has 136 valence electrons. The molecule has 2 heterocycles. The van der Waals surface area contributed by atoms with Crippen LogP contribution in [-0.2, 0) is 15.1 Å². The van der Waals surface area contributed by atoms with E-state index in [-0.39, 0.29) is 12.3 Å². The normalized spacial score (nSPS) is 24.3. The van der Waals surface area contributed by atoms with Gasteiger partial charge in [-0.25, -0.2) is 0 Å². The molecular formula is C20H19Cl2NO3. The number of allylic oxidation sites excluding steroid dienone is 3. The molecule has 4 nitrogen and oxygen atoms in total. The molecule has 2 aromatic rings. The summed E-state index contributed by atoms with van der Waals surface area (Å²) in [4.78, 5) is 15.0. The third-order valence-corrected chi connectivity index (χ3v) is 5.92. The van der Waals surface area contributed by atoms with Gasteiger partial charge in [-0.05, 0) is 29.7 Å². The van der Waals surface area contributed by atoms with Crippen molar-refractivity contribution < 1.29 is 14.6 Å². The van der Waals surface area contributed by atoms with Crippen LogP contribution < -0.4 is 0 Å². The maximum Gasteiger partial charge on any atom is 0.306 e. The molecule has 1 aromatic carbocycles. The first-order chi connectivity index (χ1) is 12.5. The zero-order valence-electron chi connectivity index (χ0n) is 14.3. The Labute approximate surface area is 161 Å². The van der Waals surface area contributed by atoms with Crippen LogP contribution in [0.3, 0.4) is 0 Å². The van der Waals surface area contributed by atoms with Gasteiger partial charge in [-0.15, -0.1) is 0 Å². The van der Waals surface area contributed by atoms with Crippen molar-refractivity contribution in [1.82, 2.24) is 4.98 Å². The Balaban J connectivity index is 2.01. The maximum absolute atomic E-state index is 11.6. The molecule has 0 amide bonds. The first-order valence-electron chi connectivity index (χ1n) is 8.71. The molecule has 2 unspecified atom stereocenters. The van der Waals surface area contributed by atoms with Crippen LogP contribution in [0, 0.1) is 0 Å². The molecule has 26 heavy (non-hydrogen) atoms. The van der Waals surface area contributed by atoms with Crippen molar-refractivity contribution in [2.45, 2.75) is 37.7 Å². The van der Waals surface area contributed by atoms with Crippen LogP contribution >= 0.6 is 23.2 Å². The first kappa shape index (κ1) is 17.7. The molecule has 6 heteroatoms. The summed E-state index contributed by atoms with van der Waals surface area (Å²) in [6.07, 6.45) is 7.41. The molecule has 0 saturated carbocycles. The number of aliphatic carboxylic acids is 1. The van der Waals surface area contributed by atoms with E-state index in [1.807, 2.05) is 13.0 Å². The molecular weight excluding hydrogens is 373 g/mol. The Morgan fingerprint density at radius 3 is 2.73 bits per heavy atom. The number of aromatic nitrogens is 1. The van der Waals surface area contributed by atoms with Gasteiger partial charge < -0.3 is 14.8 Å². The van der Waals surface area contributed by atoms with Gasteiger partial charge in [0.05, 0.1) is 34.3 Å². The largest absolute Gasteiger partial charge is 0.481 e. The average Bonchev–Trinajstić information content (AvgIpc) is 2.95. The van der Waals surface area contributed by atoms with Gasteiger partial charge >= 0.3 is 5.97 Å². The molecule has 2 atom stereocenters. The molecule has 4 rings (SSSR count). The number of aromatic amines is 1. The van der Waals surface area contributed by atoms with Crippen LogP contribution in [0.15, 0.2) is 35.9 Å². The highest BCUT2D eigenvalue weighted by molar-refractivity contribution is 6.40. The number of H-pyrrole nitrogens is 1. The lowest BCUT2D eigenvalue weighted by molar-refractivity contribution is -0.149. The lowest BCUT2D eigenvalue weighted by Crippen LogP contribution is -2.39. The molecule has 2 aliphatic rings. The molecule has 0 radical (unpaired) electrons. The van der Waals surface area contributed by atoms with Crippen molar-refractivity contribution in [1.29, 1.82) is 0 Å². The number of hydrogen-bond donors (Lipinski definition) is 2. The summed E-state index contributed by atoms with van der Waals surface area (Å²) >= 11 is 13.0. The van der Waals surface area contributed by atoms with E-state index >= 15 is 0 Å². The van der Waals surface area contributed by atoms with Crippen LogP contribution in [0.1, 0.15) is 43.4 Å². The number of carbonyl (C=O) groups is 1. The van der Waals surface area contributed by atoms with E-state index < -0.39 is 11.6 Å². The van der Waals surface area contributed by atoms with Crippen LogP contribution in [-0.4, -0.2) is 22.7 Å². The summed E-state index contributed by atoms with van der Waals surface area (Å²) < 4.78 is 6.25. The van der Waals surface area contributed by atoms with Crippen molar-refractivity contribution in [3.8, 4) is 0 Å². The summed E-state index contributed by atoms with van der Waals surface area (Å²) in [6, 6.07) is 3.54. The van der Waals surface area contributed by atoms with Crippen LogP contribution in [0.2, 0.25) is 10.0 Å². The van der Waals surface area contributed by atoms with E-state index in [9.17, 15) is 9.90 Å². The molecule has 1 aliphatic carbocycles. The van der Waals surface area contributed by atoms with Gasteiger partial charge in [0.15, 0.2) is 0 Å². The standard InChI is InChI=1S/C20H19Cl2NO3/c1-2-8-20(9-15(24)25)19-16(12(10-26-20)11-4-3-5-11)17-13(21)6-7-14(22)18(17)23-19/h3-7,12,23H,2,8-10H2,1H3,(H,24,25). The smallest absolute Gasteiger partial charge is 0.306 e. The van der Waals surface area contributed by atoms with Crippen molar-refractivity contribution in [3.63, 3.8) is 0 Å². The Morgan fingerprint density at radius 1 is 1.38 bits per heavy atom. The van der Waals surface area contributed by atoms with Gasteiger partial charge in [0.2, 0.25) is 0 Å². The molecule has 0 spiro atoms. The predicted octanol–water partition coefficient (Wildman–Crippen LogP) is 5.55. The summed E-state index contributed by atoms with van der Waals surface area (Å²) in [7, 11) is 0. The summed E-state index contributed by atoms with van der Waals surface area (Å²) in [5, 5.41) is 11.6. The van der Waals surface area contributed by atoms with Crippen LogP contribution in [0.5, 0.6) is 0 Å². The molecule has 0 bridgehead atoms. The van der Waals surface area contributed by atoms with Crippen LogP contribution in [0.4, 0.5) is 0 Å². The topological polar surface area (TPSA) is 62.3 Å². The van der Waals surface area contributed by atoms with E-state index in [1.54, 1.807) is 12.1 Å². The second-order valence-corrected chi connectivity index (χ2v) is 7.71. The lowest BCUT2D eigenvalue weighted by atomic mass is 9.77. The summed E-state index contributed by atoms with van der Waals surface area (Å²) in [6.45, 7) is 2.45. The average molecular weight is 392 g/mol. The third kappa shape index (κ3) is 2.59. The zero-order valence-corrected chi connectivity index (χ0v) is 15.8. The quantitative estimate of drug-likeness (QED) is 0.701. The monoisotopic (exact) mass is 391 g/mol. The second-order valence-electron chi connectivity index (χ2n) is 6.90. The van der Waals surface area contributed by atoms with Crippen molar-refractivity contribution >= 4 is 40.1 Å². The van der Waals surface area contributed by atoms with Crippen molar-refractivity contribution in [3.05, 3.63) is 57.2 Å². The number of carboxylic acid groups (broad SMARTS) is 1. The highest BCUT2D eigenvalue weighted by Gasteiger charge is 2.45. The SMILES string of the molecule is CCCC1(CC(=O)O)OCC(C2=CC=C2)c2c1[nH]c1c(Cl)ccc(Cl)c21. The van der Waals surface area contributed by atoms with Gasteiger partial charge in [0.1, 0.15) is 5.60 Å². The maximum atomic E-state index is 11.6. The number of halogens is 2. The number of hydrogen-bond acceptors (Lipinski definition) is 2. The number of benzene rings is 1. The Kier molecular flexibility index (Phi) is 4.38. The molecule has 1 aromatic heterocycles. The van der Waals surface area contributed by atoms with E-state index in [1.165, 1.54) is 0 Å². The van der Waals surface area contributed by atoms with E-state index in [0.29, 0.717) is 23.1 Å². The minimum absolute atomic E-state index is 0.0125. The fourth-order valence-corrected chi connectivity index (χ4v) is 4.60. The molecule has 0 saturated heterocycles. The molecule has 1 aliphatic heterocycles. The van der Waals surface area contributed by atoms with E-state index in [4.69, 9.17) is 27.9 Å².